The van der Waals surface area contributed by atoms with Crippen LogP contribution in [0.3, 0.4) is 0 Å². The topological polar surface area (TPSA) is 94.9 Å². The normalized spacial score (nSPS) is 12.6. The van der Waals surface area contributed by atoms with Crippen LogP contribution in [0.1, 0.15) is 13.8 Å². The summed E-state index contributed by atoms with van der Waals surface area (Å²) < 4.78 is 21.3. The Morgan fingerprint density at radius 2 is 1.56 bits per heavy atom. The van der Waals surface area contributed by atoms with E-state index in [9.17, 15) is 13.2 Å². The lowest BCUT2D eigenvalue weighted by molar-refractivity contribution is -0.134. The van der Waals surface area contributed by atoms with Gasteiger partial charge in [-0.1, -0.05) is 0 Å². The highest BCUT2D eigenvalue weighted by Gasteiger charge is 2.40. The Kier molecular flexibility index (Phi) is 5.37. The lowest BCUT2D eigenvalue weighted by Crippen LogP contribution is -2.51. The first-order chi connectivity index (χ1) is 7.18. The smallest absolute Gasteiger partial charge is 0.243 e. The van der Waals surface area contributed by atoms with E-state index >= 15 is 0 Å². The van der Waals surface area contributed by atoms with E-state index < -0.39 is 20.5 Å². The van der Waals surface area contributed by atoms with Crippen LogP contribution < -0.4 is 0 Å². The predicted octanol–water partition coefficient (Wildman–Crippen LogP) is -1.38. The third-order valence-corrected chi connectivity index (χ3v) is 4.50. The second-order valence-corrected chi connectivity index (χ2v) is 6.59. The van der Waals surface area contributed by atoms with Gasteiger partial charge in [-0.25, -0.2) is 8.42 Å². The van der Waals surface area contributed by atoms with E-state index in [2.05, 4.69) is 0 Å². The number of nitrogens with zero attached hydrogens (tertiary/aromatic N) is 1. The molecule has 0 rings (SSSR count). The molecule has 0 bridgehead atoms. The first kappa shape index (κ1) is 15.3. The molecule has 0 spiro atoms. The number of hydrogen-bond donors (Lipinski definition) is 2. The van der Waals surface area contributed by atoms with Crippen LogP contribution in [0.15, 0.2) is 0 Å². The van der Waals surface area contributed by atoms with Crippen molar-refractivity contribution in [1.82, 2.24) is 4.90 Å². The van der Waals surface area contributed by atoms with Crippen LogP contribution in [0.25, 0.3) is 0 Å². The van der Waals surface area contributed by atoms with Gasteiger partial charge in [0.25, 0.3) is 0 Å². The van der Waals surface area contributed by atoms with Gasteiger partial charge in [-0.15, -0.1) is 0 Å². The van der Waals surface area contributed by atoms with Crippen molar-refractivity contribution in [2.45, 2.75) is 18.6 Å². The predicted molar refractivity (Wildman–Crippen MR) is 59.7 cm³/mol. The molecule has 0 aromatic rings. The minimum absolute atomic E-state index is 0.0122. The van der Waals surface area contributed by atoms with Gasteiger partial charge in [-0.3, -0.25) is 4.79 Å². The number of sulfone groups is 1. The van der Waals surface area contributed by atoms with Gasteiger partial charge in [0, 0.05) is 19.3 Å². The van der Waals surface area contributed by atoms with Gasteiger partial charge >= 0.3 is 0 Å². The fourth-order valence-corrected chi connectivity index (χ4v) is 1.54. The van der Waals surface area contributed by atoms with Crippen LogP contribution in [-0.4, -0.2) is 66.7 Å². The van der Waals surface area contributed by atoms with Crippen LogP contribution in [-0.2, 0) is 14.6 Å². The highest BCUT2D eigenvalue weighted by molar-refractivity contribution is 7.92. The molecule has 2 N–H and O–H groups in total. The Morgan fingerprint density at radius 1 is 1.19 bits per heavy atom. The summed E-state index contributed by atoms with van der Waals surface area (Å²) in [5, 5.41) is 17.5. The van der Waals surface area contributed by atoms with Crippen molar-refractivity contribution in [3.8, 4) is 0 Å². The van der Waals surface area contributed by atoms with Crippen molar-refractivity contribution in [2.24, 2.45) is 0 Å². The highest BCUT2D eigenvalue weighted by Crippen LogP contribution is 2.18. The number of amides is 1. The fourth-order valence-electron chi connectivity index (χ4n) is 1.10. The minimum atomic E-state index is -3.54. The molecule has 0 aliphatic carbocycles. The average Bonchev–Trinajstić information content (AvgIpc) is 2.14. The summed E-state index contributed by atoms with van der Waals surface area (Å²) in [6.45, 7) is 2.10. The summed E-state index contributed by atoms with van der Waals surface area (Å²) in [5.74, 6) is -0.613. The molecule has 0 fully saturated rings. The second-order valence-electron chi connectivity index (χ2n) is 4.02. The molecule has 0 saturated carbocycles. The molecule has 0 unspecified atom stereocenters. The largest absolute Gasteiger partial charge is 0.395 e. The van der Waals surface area contributed by atoms with Gasteiger partial charge in [0.1, 0.15) is 4.75 Å². The fraction of sp³-hybridized carbons (Fsp3) is 0.889. The third-order valence-electron chi connectivity index (χ3n) is 2.47. The molecule has 7 heteroatoms. The van der Waals surface area contributed by atoms with Crippen LogP contribution in [0.4, 0.5) is 0 Å². The van der Waals surface area contributed by atoms with Crippen molar-refractivity contribution in [2.75, 3.05) is 32.6 Å². The van der Waals surface area contributed by atoms with Crippen molar-refractivity contribution in [3.05, 3.63) is 0 Å². The molecule has 16 heavy (non-hydrogen) atoms. The van der Waals surface area contributed by atoms with Crippen molar-refractivity contribution in [1.29, 1.82) is 0 Å². The third kappa shape index (κ3) is 3.43. The quantitative estimate of drug-likeness (QED) is 0.608. The zero-order valence-electron chi connectivity index (χ0n) is 9.80. The molecule has 96 valence electrons. The van der Waals surface area contributed by atoms with Crippen molar-refractivity contribution >= 4 is 15.7 Å². The Balaban J connectivity index is 5.00. The maximum absolute atomic E-state index is 11.9. The minimum Gasteiger partial charge on any atom is -0.395 e. The Labute approximate surface area is 95.8 Å². The van der Waals surface area contributed by atoms with Crippen LogP contribution in [0.5, 0.6) is 0 Å². The molecule has 0 aromatic carbocycles. The summed E-state index contributed by atoms with van der Waals surface area (Å²) in [5.41, 5.74) is 0. The Bertz CT molecular complexity index is 330. The second kappa shape index (κ2) is 5.60. The summed E-state index contributed by atoms with van der Waals surface area (Å²) in [4.78, 5) is 13.1. The first-order valence-corrected chi connectivity index (χ1v) is 6.78. The van der Waals surface area contributed by atoms with E-state index in [4.69, 9.17) is 10.2 Å². The van der Waals surface area contributed by atoms with E-state index in [0.29, 0.717) is 0 Å². The highest BCUT2D eigenvalue weighted by atomic mass is 32.2. The maximum atomic E-state index is 11.9. The molecule has 0 heterocycles. The van der Waals surface area contributed by atoms with E-state index in [1.807, 2.05) is 0 Å². The zero-order valence-corrected chi connectivity index (χ0v) is 10.6. The molecule has 0 atom stereocenters. The Hall–Kier alpha value is -0.660. The van der Waals surface area contributed by atoms with Crippen LogP contribution in [0.2, 0.25) is 0 Å². The number of carbonyl (C=O) groups is 1. The zero-order chi connectivity index (χ0) is 13.0. The lowest BCUT2D eigenvalue weighted by Gasteiger charge is -2.29. The molecule has 0 radical (unpaired) electrons. The van der Waals surface area contributed by atoms with Gasteiger partial charge in [-0.2, -0.15) is 0 Å². The molecule has 0 aliphatic heterocycles. The summed E-state index contributed by atoms with van der Waals surface area (Å²) in [7, 11) is -3.54. The van der Waals surface area contributed by atoms with Crippen molar-refractivity contribution in [3.63, 3.8) is 0 Å². The SMILES string of the molecule is CC(C)(C(=O)N(CCO)CCO)S(C)(=O)=O. The molecule has 0 aliphatic rings. The molecule has 0 saturated heterocycles. The van der Waals surface area contributed by atoms with Gasteiger partial charge in [-0.05, 0) is 13.8 Å². The van der Waals surface area contributed by atoms with E-state index in [1.54, 1.807) is 0 Å². The number of hydrogen-bond acceptors (Lipinski definition) is 5. The van der Waals surface area contributed by atoms with Crippen molar-refractivity contribution < 1.29 is 23.4 Å². The number of aliphatic hydroxyl groups is 2. The monoisotopic (exact) mass is 253 g/mol. The lowest BCUT2D eigenvalue weighted by atomic mass is 10.1. The van der Waals surface area contributed by atoms with Gasteiger partial charge in [0.15, 0.2) is 9.84 Å². The molecular formula is C9H19NO5S. The first-order valence-electron chi connectivity index (χ1n) is 4.89. The van der Waals surface area contributed by atoms with Gasteiger partial charge in [0.05, 0.1) is 13.2 Å². The van der Waals surface area contributed by atoms with E-state index in [1.165, 1.54) is 13.8 Å². The maximum Gasteiger partial charge on any atom is 0.243 e. The van der Waals surface area contributed by atoms with Crippen LogP contribution in [0, 0.1) is 0 Å². The molecule has 0 aromatic heterocycles. The van der Waals surface area contributed by atoms with Crippen LogP contribution >= 0.6 is 0 Å². The Morgan fingerprint density at radius 3 is 1.81 bits per heavy atom. The number of aliphatic hydroxyl groups excluding tert-OH is 2. The molecule has 6 nitrogen and oxygen atoms in total. The summed E-state index contributed by atoms with van der Waals surface area (Å²) in [6, 6.07) is 0. The summed E-state index contributed by atoms with van der Waals surface area (Å²) in [6.07, 6.45) is 0.987. The number of rotatable bonds is 6. The number of carbonyl (C=O) groups excluding carboxylic acids is 1. The standard InChI is InChI=1S/C9H19NO5S/c1-9(2,16(3,14)15)8(13)10(4-6-11)5-7-12/h11-12H,4-7H2,1-3H3. The van der Waals surface area contributed by atoms with Gasteiger partial charge < -0.3 is 15.1 Å². The molecule has 1 amide bonds. The van der Waals surface area contributed by atoms with E-state index in [0.717, 1.165) is 11.2 Å². The summed E-state index contributed by atoms with van der Waals surface area (Å²) >= 11 is 0. The van der Waals surface area contributed by atoms with Gasteiger partial charge in [0.2, 0.25) is 5.91 Å². The van der Waals surface area contributed by atoms with E-state index in [-0.39, 0.29) is 26.3 Å². The molecular weight excluding hydrogens is 234 g/mol. The average molecular weight is 253 g/mol.